The maximum absolute atomic E-state index is 13.0. The molecule has 1 saturated heterocycles. The van der Waals surface area contributed by atoms with Crippen LogP contribution in [0.1, 0.15) is 16.8 Å². The molecule has 1 fully saturated rings. The Morgan fingerprint density at radius 1 is 1.05 bits per heavy atom. The second kappa shape index (κ2) is 10.0. The number of hydrogen-bond acceptors (Lipinski definition) is 8. The number of amidine groups is 1. The highest BCUT2D eigenvalue weighted by atomic mass is 32.2. The average molecular weight is 559 g/mol. The molecule has 194 valence electrons. The predicted molar refractivity (Wildman–Crippen MR) is 145 cm³/mol. The summed E-state index contributed by atoms with van der Waals surface area (Å²) in [6.07, 6.45) is 1.85. The highest BCUT2D eigenvalue weighted by Gasteiger charge is 2.28. The molecule has 2 aromatic carbocycles. The highest BCUT2D eigenvalue weighted by molar-refractivity contribution is 7.91. The zero-order valence-electron chi connectivity index (χ0n) is 20.1. The first-order chi connectivity index (χ1) is 17.6. The van der Waals surface area contributed by atoms with E-state index < -0.39 is 19.9 Å². The summed E-state index contributed by atoms with van der Waals surface area (Å²) in [5, 5.41) is 5.12. The predicted octanol–water partition coefficient (Wildman–Crippen LogP) is 3.18. The van der Waals surface area contributed by atoms with Crippen LogP contribution in [0.4, 0.5) is 5.69 Å². The second-order valence-corrected chi connectivity index (χ2v) is 13.6. The first-order valence-electron chi connectivity index (χ1n) is 11.7. The molecule has 0 spiro atoms. The Balaban J connectivity index is 1.25. The van der Waals surface area contributed by atoms with E-state index in [4.69, 9.17) is 0 Å². The summed E-state index contributed by atoms with van der Waals surface area (Å²) in [6.45, 7) is 2.57. The summed E-state index contributed by atoms with van der Waals surface area (Å²) < 4.78 is 53.3. The molecule has 12 heteroatoms. The van der Waals surface area contributed by atoms with Gasteiger partial charge in [0.15, 0.2) is 9.84 Å². The van der Waals surface area contributed by atoms with Crippen LogP contribution < -0.4 is 5.32 Å². The molecule has 1 aromatic heterocycles. The molecule has 37 heavy (non-hydrogen) atoms. The van der Waals surface area contributed by atoms with E-state index in [1.54, 1.807) is 28.4 Å². The SMILES string of the molecule is CS(=O)(=O)c1ccc(C(=O)N2CCCN(CC3=NS(=O)(=O)c4cc(-c5cccs5)ccc4N3)CC2)cc1. The highest BCUT2D eigenvalue weighted by Crippen LogP contribution is 2.33. The van der Waals surface area contributed by atoms with Crippen molar-refractivity contribution in [3.63, 3.8) is 0 Å². The standard InChI is InChI=1S/C25H26N4O5S3/c1-36(31,32)20-8-5-18(6-9-20)25(30)29-12-3-11-28(13-14-29)17-24-26-21-10-7-19(22-4-2-15-35-22)16-23(21)37(33,34)27-24/h2,4-10,15-16H,3,11-14,17H2,1H3,(H,26,27). The molecule has 1 N–H and O–H groups in total. The fraction of sp³-hybridized carbons (Fsp3) is 0.280. The molecule has 0 saturated carbocycles. The Hall–Kier alpha value is -3.06. The average Bonchev–Trinajstić information content (AvgIpc) is 3.30. The monoisotopic (exact) mass is 558 g/mol. The number of carbonyl (C=O) groups excluding carboxylic acids is 1. The van der Waals surface area contributed by atoms with E-state index in [9.17, 15) is 21.6 Å². The lowest BCUT2D eigenvalue weighted by Gasteiger charge is -2.25. The molecule has 0 atom stereocenters. The summed E-state index contributed by atoms with van der Waals surface area (Å²) in [7, 11) is -7.17. The Morgan fingerprint density at radius 3 is 2.54 bits per heavy atom. The van der Waals surface area contributed by atoms with E-state index in [1.165, 1.54) is 24.3 Å². The van der Waals surface area contributed by atoms with Gasteiger partial charge in [-0.2, -0.15) is 8.42 Å². The number of rotatable bonds is 5. The van der Waals surface area contributed by atoms with Gasteiger partial charge in [0, 0.05) is 42.9 Å². The third kappa shape index (κ3) is 5.61. The number of nitrogens with zero attached hydrogens (tertiary/aromatic N) is 3. The van der Waals surface area contributed by atoms with Gasteiger partial charge < -0.3 is 10.2 Å². The van der Waals surface area contributed by atoms with Crippen LogP contribution in [0.25, 0.3) is 10.4 Å². The van der Waals surface area contributed by atoms with Crippen molar-refractivity contribution in [1.82, 2.24) is 9.80 Å². The van der Waals surface area contributed by atoms with Crippen LogP contribution >= 0.6 is 11.3 Å². The Kier molecular flexibility index (Phi) is 6.92. The number of anilines is 1. The third-order valence-corrected chi connectivity index (χ3v) is 9.75. The minimum absolute atomic E-state index is 0.159. The number of fused-ring (bicyclic) bond motifs is 1. The number of sulfonamides is 1. The molecule has 3 heterocycles. The number of hydrogen-bond donors (Lipinski definition) is 1. The van der Waals surface area contributed by atoms with Crippen molar-refractivity contribution >= 4 is 48.6 Å². The van der Waals surface area contributed by atoms with Crippen molar-refractivity contribution in [1.29, 1.82) is 0 Å². The first kappa shape index (κ1) is 25.6. The Labute approximate surface area is 220 Å². The minimum Gasteiger partial charge on any atom is -0.341 e. The molecule has 5 rings (SSSR count). The van der Waals surface area contributed by atoms with Crippen molar-refractivity contribution in [2.75, 3.05) is 44.3 Å². The zero-order chi connectivity index (χ0) is 26.2. The van der Waals surface area contributed by atoms with E-state index >= 15 is 0 Å². The van der Waals surface area contributed by atoms with Crippen LogP contribution in [0.2, 0.25) is 0 Å². The van der Waals surface area contributed by atoms with Crippen LogP contribution in [-0.2, 0) is 19.9 Å². The number of sulfone groups is 1. The van der Waals surface area contributed by atoms with Gasteiger partial charge in [-0.05, 0) is 59.8 Å². The summed E-state index contributed by atoms with van der Waals surface area (Å²) >= 11 is 1.54. The molecular weight excluding hydrogens is 532 g/mol. The van der Waals surface area contributed by atoms with E-state index in [1.807, 2.05) is 23.6 Å². The van der Waals surface area contributed by atoms with Crippen LogP contribution in [0, 0.1) is 0 Å². The van der Waals surface area contributed by atoms with Gasteiger partial charge in [0.2, 0.25) is 0 Å². The summed E-state index contributed by atoms with van der Waals surface area (Å²) in [5.74, 6) is 0.195. The molecular formula is C25H26N4O5S3. The number of amides is 1. The van der Waals surface area contributed by atoms with Gasteiger partial charge in [-0.3, -0.25) is 9.69 Å². The normalized spacial score (nSPS) is 17.9. The zero-order valence-corrected chi connectivity index (χ0v) is 22.6. The maximum atomic E-state index is 13.0. The van der Waals surface area contributed by atoms with Crippen LogP contribution in [0.15, 0.2) is 74.2 Å². The quantitative estimate of drug-likeness (QED) is 0.511. The summed E-state index contributed by atoms with van der Waals surface area (Å²) in [6, 6.07) is 15.2. The second-order valence-electron chi connectivity index (χ2n) is 9.04. The summed E-state index contributed by atoms with van der Waals surface area (Å²) in [4.78, 5) is 18.1. The van der Waals surface area contributed by atoms with Gasteiger partial charge in [0.05, 0.1) is 17.1 Å². The van der Waals surface area contributed by atoms with Crippen molar-refractivity contribution in [3.8, 4) is 10.4 Å². The van der Waals surface area contributed by atoms with Crippen LogP contribution in [0.3, 0.4) is 0 Å². The molecule has 0 radical (unpaired) electrons. The molecule has 3 aromatic rings. The first-order valence-corrected chi connectivity index (χ1v) is 15.9. The molecule has 2 aliphatic heterocycles. The lowest BCUT2D eigenvalue weighted by molar-refractivity contribution is 0.0762. The topological polar surface area (TPSA) is 116 Å². The van der Waals surface area contributed by atoms with Gasteiger partial charge in [0.25, 0.3) is 15.9 Å². The van der Waals surface area contributed by atoms with E-state index in [2.05, 4.69) is 14.6 Å². The van der Waals surface area contributed by atoms with Crippen molar-refractivity contribution in [3.05, 3.63) is 65.5 Å². The number of thiophene rings is 1. The smallest absolute Gasteiger partial charge is 0.286 e. The minimum atomic E-state index is -3.84. The Morgan fingerprint density at radius 2 is 1.84 bits per heavy atom. The molecule has 2 aliphatic rings. The molecule has 9 nitrogen and oxygen atoms in total. The number of carbonyl (C=O) groups is 1. The van der Waals surface area contributed by atoms with E-state index in [0.29, 0.717) is 56.2 Å². The van der Waals surface area contributed by atoms with Crippen molar-refractivity contribution in [2.45, 2.75) is 16.2 Å². The largest absolute Gasteiger partial charge is 0.341 e. The molecule has 0 bridgehead atoms. The fourth-order valence-electron chi connectivity index (χ4n) is 4.45. The van der Waals surface area contributed by atoms with Gasteiger partial charge in [-0.15, -0.1) is 15.7 Å². The lowest BCUT2D eigenvalue weighted by Crippen LogP contribution is -2.39. The van der Waals surface area contributed by atoms with Crippen LogP contribution in [-0.4, -0.2) is 77.4 Å². The van der Waals surface area contributed by atoms with Crippen LogP contribution in [0.5, 0.6) is 0 Å². The van der Waals surface area contributed by atoms with Gasteiger partial charge >= 0.3 is 0 Å². The number of nitrogens with one attached hydrogen (secondary N) is 1. The maximum Gasteiger partial charge on any atom is 0.286 e. The van der Waals surface area contributed by atoms with Gasteiger partial charge in [-0.25, -0.2) is 8.42 Å². The Bertz CT molecular complexity index is 1560. The lowest BCUT2D eigenvalue weighted by atomic mass is 10.1. The third-order valence-electron chi connectivity index (χ3n) is 6.35. The molecule has 1 amide bonds. The van der Waals surface area contributed by atoms with Gasteiger partial charge in [0.1, 0.15) is 10.7 Å². The van der Waals surface area contributed by atoms with E-state index in [0.717, 1.165) is 16.7 Å². The molecule has 0 aliphatic carbocycles. The fourth-order valence-corrected chi connectivity index (χ4v) is 6.97. The van der Waals surface area contributed by atoms with E-state index in [-0.39, 0.29) is 15.7 Å². The van der Waals surface area contributed by atoms with Crippen molar-refractivity contribution in [2.24, 2.45) is 4.40 Å². The van der Waals surface area contributed by atoms with Gasteiger partial charge in [-0.1, -0.05) is 12.1 Å². The molecule has 0 unspecified atom stereocenters. The summed E-state index contributed by atoms with van der Waals surface area (Å²) in [5.41, 5.74) is 1.78. The van der Waals surface area contributed by atoms with Crippen molar-refractivity contribution < 1.29 is 21.6 Å². The number of benzene rings is 2.